The summed E-state index contributed by atoms with van der Waals surface area (Å²) >= 11 is 0. The smallest absolute Gasteiger partial charge is 0.223 e. The van der Waals surface area contributed by atoms with Gasteiger partial charge >= 0.3 is 0 Å². The fourth-order valence-electron chi connectivity index (χ4n) is 2.27. The monoisotopic (exact) mass is 283 g/mol. The van der Waals surface area contributed by atoms with Crippen LogP contribution in [0.2, 0.25) is 0 Å². The van der Waals surface area contributed by atoms with Crippen molar-refractivity contribution in [2.24, 2.45) is 0 Å². The Morgan fingerprint density at radius 1 is 1.05 bits per heavy atom. The van der Waals surface area contributed by atoms with Crippen molar-refractivity contribution < 1.29 is 0 Å². The van der Waals surface area contributed by atoms with Gasteiger partial charge in [-0.3, -0.25) is 0 Å². The molecule has 2 aromatic rings. The lowest BCUT2D eigenvalue weighted by atomic mass is 10.1. The Bertz CT molecular complexity index is 564. The van der Waals surface area contributed by atoms with Crippen molar-refractivity contribution in [3.8, 4) is 0 Å². The van der Waals surface area contributed by atoms with Crippen molar-refractivity contribution in [2.75, 3.05) is 5.32 Å². The molecular weight excluding hydrogens is 258 g/mol. The molecule has 1 heterocycles. The Labute approximate surface area is 127 Å². The van der Waals surface area contributed by atoms with E-state index in [1.54, 1.807) is 0 Å². The summed E-state index contributed by atoms with van der Waals surface area (Å²) in [6.07, 6.45) is 2.14. The third-order valence-electron chi connectivity index (χ3n) is 3.55. The van der Waals surface area contributed by atoms with E-state index in [4.69, 9.17) is 0 Å². The van der Waals surface area contributed by atoms with Crippen molar-refractivity contribution in [1.29, 1.82) is 0 Å². The van der Waals surface area contributed by atoms with E-state index in [2.05, 4.69) is 72.5 Å². The van der Waals surface area contributed by atoms with Crippen LogP contribution < -0.4 is 5.32 Å². The standard InChI is InChI=1S/C18H25N3/c1-13(2)17-12-15(4)20-18(21-17)19-14(3)10-11-16-8-6-5-7-9-16/h5-9,12-14H,10-11H2,1-4H3,(H,19,20,21). The van der Waals surface area contributed by atoms with Gasteiger partial charge in [0.2, 0.25) is 5.95 Å². The molecule has 0 saturated carbocycles. The van der Waals surface area contributed by atoms with Crippen LogP contribution in [0.25, 0.3) is 0 Å². The predicted octanol–water partition coefficient (Wildman–Crippen LogP) is 4.34. The Morgan fingerprint density at radius 2 is 1.76 bits per heavy atom. The summed E-state index contributed by atoms with van der Waals surface area (Å²) in [5.74, 6) is 1.17. The van der Waals surface area contributed by atoms with Crippen molar-refractivity contribution in [2.45, 2.75) is 52.5 Å². The van der Waals surface area contributed by atoms with E-state index in [0.717, 1.165) is 30.2 Å². The van der Waals surface area contributed by atoms with Gasteiger partial charge in [0.1, 0.15) is 0 Å². The highest BCUT2D eigenvalue weighted by Gasteiger charge is 2.08. The molecule has 3 heteroatoms. The molecule has 0 radical (unpaired) electrons. The van der Waals surface area contributed by atoms with Crippen LogP contribution in [0.3, 0.4) is 0 Å². The molecule has 1 aromatic carbocycles. The Hall–Kier alpha value is -1.90. The lowest BCUT2D eigenvalue weighted by Crippen LogP contribution is -2.18. The normalized spacial score (nSPS) is 12.4. The molecule has 0 spiro atoms. The minimum Gasteiger partial charge on any atom is -0.352 e. The van der Waals surface area contributed by atoms with Crippen LogP contribution in [0.4, 0.5) is 5.95 Å². The predicted molar refractivity (Wildman–Crippen MR) is 88.7 cm³/mol. The van der Waals surface area contributed by atoms with Crippen LogP contribution >= 0.6 is 0 Å². The summed E-state index contributed by atoms with van der Waals surface area (Å²) in [6, 6.07) is 13.0. The number of nitrogens with zero attached hydrogens (tertiary/aromatic N) is 2. The van der Waals surface area contributed by atoms with Crippen molar-refractivity contribution in [1.82, 2.24) is 9.97 Å². The zero-order valence-corrected chi connectivity index (χ0v) is 13.4. The fourth-order valence-corrected chi connectivity index (χ4v) is 2.27. The van der Waals surface area contributed by atoms with Crippen LogP contribution in [0.15, 0.2) is 36.4 Å². The molecule has 2 rings (SSSR count). The summed E-state index contributed by atoms with van der Waals surface area (Å²) in [6.45, 7) is 8.52. The van der Waals surface area contributed by atoms with Gasteiger partial charge in [0.15, 0.2) is 0 Å². The van der Waals surface area contributed by atoms with Gasteiger partial charge in [-0.05, 0) is 44.2 Å². The summed E-state index contributed by atoms with van der Waals surface area (Å²) < 4.78 is 0. The van der Waals surface area contributed by atoms with Crippen LogP contribution in [0, 0.1) is 6.92 Å². The molecule has 1 unspecified atom stereocenters. The molecule has 0 fully saturated rings. The highest BCUT2D eigenvalue weighted by molar-refractivity contribution is 5.30. The van der Waals surface area contributed by atoms with E-state index >= 15 is 0 Å². The maximum Gasteiger partial charge on any atom is 0.223 e. The highest BCUT2D eigenvalue weighted by atomic mass is 15.1. The molecule has 21 heavy (non-hydrogen) atoms. The largest absolute Gasteiger partial charge is 0.352 e. The molecule has 1 aromatic heterocycles. The zero-order chi connectivity index (χ0) is 15.2. The van der Waals surface area contributed by atoms with Gasteiger partial charge in [-0.15, -0.1) is 0 Å². The van der Waals surface area contributed by atoms with E-state index in [-0.39, 0.29) is 0 Å². The zero-order valence-electron chi connectivity index (χ0n) is 13.4. The molecule has 0 aliphatic rings. The van der Waals surface area contributed by atoms with E-state index in [1.165, 1.54) is 5.56 Å². The van der Waals surface area contributed by atoms with E-state index in [9.17, 15) is 0 Å². The second-order valence-electron chi connectivity index (χ2n) is 5.98. The molecule has 0 aliphatic carbocycles. The lowest BCUT2D eigenvalue weighted by Gasteiger charge is -2.15. The van der Waals surface area contributed by atoms with Crippen LogP contribution in [-0.4, -0.2) is 16.0 Å². The summed E-state index contributed by atoms with van der Waals surface area (Å²) in [7, 11) is 0. The quantitative estimate of drug-likeness (QED) is 0.857. The number of aromatic nitrogens is 2. The first-order valence-electron chi connectivity index (χ1n) is 7.70. The van der Waals surface area contributed by atoms with Crippen LogP contribution in [-0.2, 0) is 6.42 Å². The van der Waals surface area contributed by atoms with E-state index < -0.39 is 0 Å². The number of hydrogen-bond acceptors (Lipinski definition) is 3. The molecule has 0 saturated heterocycles. The third kappa shape index (κ3) is 4.85. The Kier molecular flexibility index (Phi) is 5.32. The van der Waals surface area contributed by atoms with Crippen molar-refractivity contribution in [3.05, 3.63) is 53.3 Å². The first kappa shape index (κ1) is 15.5. The number of benzene rings is 1. The highest BCUT2D eigenvalue weighted by Crippen LogP contribution is 2.15. The molecule has 0 bridgehead atoms. The van der Waals surface area contributed by atoms with Gasteiger partial charge in [-0.25, -0.2) is 9.97 Å². The van der Waals surface area contributed by atoms with Gasteiger partial charge in [-0.2, -0.15) is 0 Å². The Balaban J connectivity index is 1.94. The van der Waals surface area contributed by atoms with Crippen LogP contribution in [0.1, 0.15) is 50.1 Å². The van der Waals surface area contributed by atoms with Gasteiger partial charge in [0.05, 0.1) is 0 Å². The number of aryl methyl sites for hydroxylation is 2. The van der Waals surface area contributed by atoms with Gasteiger partial charge in [-0.1, -0.05) is 44.2 Å². The minimum atomic E-state index is 0.354. The first-order valence-corrected chi connectivity index (χ1v) is 7.70. The molecule has 3 nitrogen and oxygen atoms in total. The molecule has 1 N–H and O–H groups in total. The van der Waals surface area contributed by atoms with Crippen LogP contribution in [0.5, 0.6) is 0 Å². The lowest BCUT2D eigenvalue weighted by molar-refractivity contribution is 0.694. The summed E-state index contributed by atoms with van der Waals surface area (Å²) in [5, 5.41) is 3.43. The molecule has 0 amide bonds. The van der Waals surface area contributed by atoms with Crippen molar-refractivity contribution in [3.63, 3.8) is 0 Å². The molecule has 112 valence electrons. The van der Waals surface area contributed by atoms with Crippen molar-refractivity contribution >= 4 is 5.95 Å². The average Bonchev–Trinajstić information content (AvgIpc) is 2.45. The van der Waals surface area contributed by atoms with Gasteiger partial charge in [0.25, 0.3) is 0 Å². The summed E-state index contributed by atoms with van der Waals surface area (Å²) in [5.41, 5.74) is 3.49. The van der Waals surface area contributed by atoms with Gasteiger partial charge < -0.3 is 5.32 Å². The van der Waals surface area contributed by atoms with Gasteiger partial charge in [0, 0.05) is 17.4 Å². The molecule has 0 aliphatic heterocycles. The molecule has 1 atom stereocenters. The summed E-state index contributed by atoms with van der Waals surface area (Å²) in [4.78, 5) is 9.09. The Morgan fingerprint density at radius 3 is 2.43 bits per heavy atom. The SMILES string of the molecule is Cc1cc(C(C)C)nc(NC(C)CCc2ccccc2)n1. The second-order valence-corrected chi connectivity index (χ2v) is 5.98. The maximum atomic E-state index is 4.61. The second kappa shape index (κ2) is 7.21. The topological polar surface area (TPSA) is 37.8 Å². The number of hydrogen-bond donors (Lipinski definition) is 1. The average molecular weight is 283 g/mol. The molecular formula is C18H25N3. The minimum absolute atomic E-state index is 0.354. The number of anilines is 1. The third-order valence-corrected chi connectivity index (χ3v) is 3.55. The van der Waals surface area contributed by atoms with E-state index in [0.29, 0.717) is 12.0 Å². The maximum absolute atomic E-state index is 4.61. The number of rotatable bonds is 6. The van der Waals surface area contributed by atoms with E-state index in [1.807, 2.05) is 6.92 Å². The number of nitrogens with one attached hydrogen (secondary N) is 1. The first-order chi connectivity index (χ1) is 10.0. The fraction of sp³-hybridized carbons (Fsp3) is 0.444.